The Kier molecular flexibility index (Phi) is 3.53. The van der Waals surface area contributed by atoms with Gasteiger partial charge in [0.2, 0.25) is 5.91 Å². The van der Waals surface area contributed by atoms with Gasteiger partial charge >= 0.3 is 0 Å². The molecule has 108 valence electrons. The van der Waals surface area contributed by atoms with E-state index in [4.69, 9.17) is 9.47 Å². The van der Waals surface area contributed by atoms with E-state index in [-0.39, 0.29) is 17.9 Å². The number of hydrogen-bond acceptors (Lipinski definition) is 4. The molecule has 2 heterocycles. The number of hydrogen-bond donors (Lipinski definition) is 1. The Morgan fingerprint density at radius 2 is 2.30 bits per heavy atom. The molecule has 0 radical (unpaired) electrons. The predicted molar refractivity (Wildman–Crippen MR) is 77.4 cm³/mol. The van der Waals surface area contributed by atoms with E-state index in [1.54, 1.807) is 7.11 Å². The molecule has 5 nitrogen and oxygen atoms in total. The lowest BCUT2D eigenvalue weighted by Gasteiger charge is -2.31. The van der Waals surface area contributed by atoms with Crippen LogP contribution >= 0.6 is 0 Å². The molecule has 0 aromatic heterocycles. The van der Waals surface area contributed by atoms with Crippen molar-refractivity contribution in [3.8, 4) is 5.75 Å². The molecule has 0 bridgehead atoms. The average Bonchev–Trinajstić information content (AvgIpc) is 2.90. The van der Waals surface area contributed by atoms with Gasteiger partial charge in [0.1, 0.15) is 5.75 Å². The number of nitrogens with zero attached hydrogens (tertiary/aromatic N) is 1. The summed E-state index contributed by atoms with van der Waals surface area (Å²) in [6.07, 6.45) is 1.03. The van der Waals surface area contributed by atoms with Crippen LogP contribution < -0.4 is 15.0 Å². The topological polar surface area (TPSA) is 50.8 Å². The van der Waals surface area contributed by atoms with E-state index in [0.717, 1.165) is 30.1 Å². The number of rotatable bonds is 3. The van der Waals surface area contributed by atoms with Crippen molar-refractivity contribution in [3.05, 3.63) is 18.2 Å². The maximum atomic E-state index is 12.3. The molecular formula is C15H20N2O3. The molecule has 5 heteroatoms. The molecule has 1 N–H and O–H groups in total. The molecule has 1 aromatic rings. The van der Waals surface area contributed by atoms with Gasteiger partial charge in [0.05, 0.1) is 43.7 Å². The van der Waals surface area contributed by atoms with Crippen molar-refractivity contribution >= 4 is 17.3 Å². The minimum atomic E-state index is -0.0973. The monoisotopic (exact) mass is 276 g/mol. The van der Waals surface area contributed by atoms with Crippen molar-refractivity contribution in [2.24, 2.45) is 5.92 Å². The minimum Gasteiger partial charge on any atom is -0.497 e. The first-order valence-corrected chi connectivity index (χ1v) is 7.08. The smallest absolute Gasteiger partial charge is 0.232 e. The van der Waals surface area contributed by atoms with Crippen LogP contribution in [0, 0.1) is 5.92 Å². The van der Waals surface area contributed by atoms with Crippen molar-refractivity contribution in [2.45, 2.75) is 19.4 Å². The van der Waals surface area contributed by atoms with Crippen LogP contribution in [0.3, 0.4) is 0 Å². The summed E-state index contributed by atoms with van der Waals surface area (Å²) in [6.45, 7) is 4.18. The highest BCUT2D eigenvalue weighted by Crippen LogP contribution is 2.37. The zero-order valence-electron chi connectivity index (χ0n) is 11.9. The zero-order chi connectivity index (χ0) is 14.1. The number of fused-ring (bicyclic) bond motifs is 2. The summed E-state index contributed by atoms with van der Waals surface area (Å²) in [4.78, 5) is 14.6. The van der Waals surface area contributed by atoms with Gasteiger partial charge < -0.3 is 19.7 Å². The van der Waals surface area contributed by atoms with Crippen LogP contribution in [-0.2, 0) is 9.53 Å². The van der Waals surface area contributed by atoms with E-state index in [1.807, 2.05) is 18.2 Å². The Hall–Kier alpha value is -1.75. The van der Waals surface area contributed by atoms with Crippen LogP contribution in [0.2, 0.25) is 0 Å². The molecule has 1 saturated heterocycles. The molecule has 0 saturated carbocycles. The van der Waals surface area contributed by atoms with Gasteiger partial charge in [0.15, 0.2) is 0 Å². The standard InChI is InChI=1S/C15H20N2O3/c1-3-6-17-13-5-4-10(19-2)7-12(13)16-15(18)11-8-20-9-14(11)17/h4-5,7,11,14H,3,6,8-9H2,1-2H3,(H,16,18). The summed E-state index contributed by atoms with van der Waals surface area (Å²) in [5, 5.41) is 3.02. The number of ether oxygens (including phenoxy) is 2. The van der Waals surface area contributed by atoms with Gasteiger partial charge in [-0.3, -0.25) is 4.79 Å². The number of anilines is 2. The Balaban J connectivity index is 2.05. The summed E-state index contributed by atoms with van der Waals surface area (Å²) in [6, 6.07) is 5.97. The summed E-state index contributed by atoms with van der Waals surface area (Å²) in [5.41, 5.74) is 1.89. The van der Waals surface area contributed by atoms with E-state index in [1.165, 1.54) is 0 Å². The lowest BCUT2D eigenvalue weighted by Crippen LogP contribution is -2.42. The SMILES string of the molecule is CCCN1c2ccc(OC)cc2NC(=O)C2COCC21. The molecule has 2 aliphatic heterocycles. The van der Waals surface area contributed by atoms with Crippen LogP contribution in [0.25, 0.3) is 0 Å². The summed E-state index contributed by atoms with van der Waals surface area (Å²) in [5.74, 6) is 0.698. The third-order valence-electron chi connectivity index (χ3n) is 4.02. The highest BCUT2D eigenvalue weighted by atomic mass is 16.5. The Morgan fingerprint density at radius 1 is 1.45 bits per heavy atom. The van der Waals surface area contributed by atoms with Crippen LogP contribution in [-0.4, -0.2) is 38.8 Å². The van der Waals surface area contributed by atoms with Gasteiger partial charge in [-0.2, -0.15) is 0 Å². The predicted octanol–water partition coefficient (Wildman–Crippen LogP) is 1.88. The zero-order valence-corrected chi connectivity index (χ0v) is 11.9. The molecule has 3 rings (SSSR count). The van der Waals surface area contributed by atoms with E-state index < -0.39 is 0 Å². The normalized spacial score (nSPS) is 24.7. The van der Waals surface area contributed by atoms with Crippen LogP contribution in [0.4, 0.5) is 11.4 Å². The largest absolute Gasteiger partial charge is 0.497 e. The molecule has 20 heavy (non-hydrogen) atoms. The first kappa shape index (κ1) is 13.2. The highest BCUT2D eigenvalue weighted by molar-refractivity contribution is 5.99. The number of carbonyl (C=O) groups is 1. The second-order valence-corrected chi connectivity index (χ2v) is 5.28. The maximum absolute atomic E-state index is 12.3. The van der Waals surface area contributed by atoms with Gasteiger partial charge in [-0.05, 0) is 18.6 Å². The minimum absolute atomic E-state index is 0.0422. The number of carbonyl (C=O) groups excluding carboxylic acids is 1. The van der Waals surface area contributed by atoms with E-state index in [0.29, 0.717) is 13.2 Å². The lowest BCUT2D eigenvalue weighted by molar-refractivity contribution is -0.120. The third kappa shape index (κ3) is 2.12. The van der Waals surface area contributed by atoms with E-state index in [9.17, 15) is 4.79 Å². The Labute approximate surface area is 118 Å². The van der Waals surface area contributed by atoms with Gasteiger partial charge in [-0.15, -0.1) is 0 Å². The van der Waals surface area contributed by atoms with Crippen molar-refractivity contribution in [1.82, 2.24) is 0 Å². The molecule has 1 fully saturated rings. The van der Waals surface area contributed by atoms with Gasteiger partial charge in [0.25, 0.3) is 0 Å². The number of benzene rings is 1. The maximum Gasteiger partial charge on any atom is 0.232 e. The second kappa shape index (κ2) is 5.32. The first-order valence-electron chi connectivity index (χ1n) is 7.08. The molecule has 0 aliphatic carbocycles. The van der Waals surface area contributed by atoms with Gasteiger partial charge in [-0.1, -0.05) is 6.92 Å². The molecule has 0 spiro atoms. The van der Waals surface area contributed by atoms with Crippen LogP contribution in [0.5, 0.6) is 5.75 Å². The van der Waals surface area contributed by atoms with Crippen molar-refractivity contribution < 1.29 is 14.3 Å². The summed E-state index contributed by atoms with van der Waals surface area (Å²) in [7, 11) is 1.63. The average molecular weight is 276 g/mol. The fourth-order valence-electron chi connectivity index (χ4n) is 3.02. The molecule has 2 aliphatic rings. The number of nitrogens with one attached hydrogen (secondary N) is 1. The Bertz CT molecular complexity index is 518. The molecule has 2 unspecified atom stereocenters. The van der Waals surface area contributed by atoms with Gasteiger partial charge in [-0.25, -0.2) is 0 Å². The highest BCUT2D eigenvalue weighted by Gasteiger charge is 2.41. The fraction of sp³-hybridized carbons (Fsp3) is 0.533. The fourth-order valence-corrected chi connectivity index (χ4v) is 3.02. The number of amides is 1. The summed E-state index contributed by atoms with van der Waals surface area (Å²) >= 11 is 0. The van der Waals surface area contributed by atoms with Gasteiger partial charge in [0, 0.05) is 12.6 Å². The Morgan fingerprint density at radius 3 is 3.05 bits per heavy atom. The van der Waals surface area contributed by atoms with E-state index >= 15 is 0 Å². The molecular weight excluding hydrogens is 256 g/mol. The summed E-state index contributed by atoms with van der Waals surface area (Å²) < 4.78 is 10.8. The van der Waals surface area contributed by atoms with E-state index in [2.05, 4.69) is 17.1 Å². The van der Waals surface area contributed by atoms with Crippen molar-refractivity contribution in [3.63, 3.8) is 0 Å². The van der Waals surface area contributed by atoms with Crippen molar-refractivity contribution in [2.75, 3.05) is 37.1 Å². The lowest BCUT2D eigenvalue weighted by atomic mass is 10.0. The molecule has 2 atom stereocenters. The van der Waals surface area contributed by atoms with Crippen LogP contribution in [0.1, 0.15) is 13.3 Å². The number of methoxy groups -OCH3 is 1. The molecule has 1 aromatic carbocycles. The quantitative estimate of drug-likeness (QED) is 0.916. The first-order chi connectivity index (χ1) is 9.74. The third-order valence-corrected chi connectivity index (χ3v) is 4.02. The van der Waals surface area contributed by atoms with Crippen molar-refractivity contribution in [1.29, 1.82) is 0 Å². The second-order valence-electron chi connectivity index (χ2n) is 5.28. The van der Waals surface area contributed by atoms with Crippen LogP contribution in [0.15, 0.2) is 18.2 Å². The molecule has 1 amide bonds.